The first kappa shape index (κ1) is 15.4. The van der Waals surface area contributed by atoms with Gasteiger partial charge in [-0.3, -0.25) is 0 Å². The minimum Gasteiger partial charge on any atom is -0.478 e. The lowest BCUT2D eigenvalue weighted by Crippen LogP contribution is -1.88. The minimum atomic E-state index is -1.05. The van der Waals surface area contributed by atoms with E-state index >= 15 is 0 Å². The van der Waals surface area contributed by atoms with Crippen LogP contribution in [0.4, 0.5) is 4.39 Å². The van der Waals surface area contributed by atoms with E-state index in [0.717, 1.165) is 6.08 Å². The normalized spacial score (nSPS) is 10.8. The lowest BCUT2D eigenvalue weighted by molar-refractivity contribution is -0.131. The maximum absolute atomic E-state index is 13.1. The Morgan fingerprint density at radius 1 is 1.14 bits per heavy atom. The summed E-state index contributed by atoms with van der Waals surface area (Å²) in [5.74, 6) is -0.888. The van der Waals surface area contributed by atoms with Crippen LogP contribution in [-0.2, 0) is 4.79 Å². The molecule has 1 N–H and O–H groups in total. The number of carboxylic acids is 1. The third-order valence-electron chi connectivity index (χ3n) is 2.49. The molecule has 0 radical (unpaired) electrons. The van der Waals surface area contributed by atoms with Gasteiger partial charge in [-0.15, -0.1) is 0 Å². The molecule has 0 aromatic heterocycles. The highest BCUT2D eigenvalue weighted by atomic mass is 35.5. The predicted molar refractivity (Wildman–Crippen MR) is 79.6 cm³/mol. The molecule has 0 unspecified atom stereocenters. The van der Waals surface area contributed by atoms with Crippen molar-refractivity contribution in [3.63, 3.8) is 0 Å². The van der Waals surface area contributed by atoms with Gasteiger partial charge in [0.1, 0.15) is 17.3 Å². The second-order valence-electron chi connectivity index (χ2n) is 4.04. The number of aliphatic carboxylic acids is 1. The second-order valence-corrected chi connectivity index (χ2v) is 4.85. The van der Waals surface area contributed by atoms with Gasteiger partial charge in [-0.2, -0.15) is 0 Å². The van der Waals surface area contributed by atoms with Gasteiger partial charge in [0.05, 0.1) is 10.0 Å². The summed E-state index contributed by atoms with van der Waals surface area (Å²) in [6, 6.07) is 8.74. The number of ether oxygens (including phenoxy) is 1. The highest BCUT2D eigenvalue weighted by Crippen LogP contribution is 2.32. The van der Waals surface area contributed by atoms with Gasteiger partial charge in [-0.25, -0.2) is 9.18 Å². The molecule has 0 spiro atoms. The predicted octanol–water partition coefficient (Wildman–Crippen LogP) is 5.02. The van der Waals surface area contributed by atoms with Gasteiger partial charge in [0.15, 0.2) is 0 Å². The summed E-state index contributed by atoms with van der Waals surface area (Å²) in [7, 11) is 0. The Bertz CT molecular complexity index is 714. The number of hydrogen-bond donors (Lipinski definition) is 1. The van der Waals surface area contributed by atoms with Crippen LogP contribution in [0, 0.1) is 5.82 Å². The Labute approximate surface area is 130 Å². The largest absolute Gasteiger partial charge is 0.478 e. The van der Waals surface area contributed by atoms with E-state index in [0.29, 0.717) is 22.1 Å². The molecular weight excluding hydrogens is 318 g/mol. The van der Waals surface area contributed by atoms with Crippen LogP contribution in [0.15, 0.2) is 42.5 Å². The maximum atomic E-state index is 13.1. The molecule has 0 saturated carbocycles. The van der Waals surface area contributed by atoms with Crippen molar-refractivity contribution in [3.05, 3.63) is 63.9 Å². The van der Waals surface area contributed by atoms with E-state index in [4.69, 9.17) is 33.0 Å². The van der Waals surface area contributed by atoms with Gasteiger partial charge in [-0.05, 0) is 35.9 Å². The molecule has 0 bridgehead atoms. The standard InChI is InChI=1S/C15H9Cl2FO3/c16-11-8-10(3-4-13(11)18)21-14-5-1-9(7-12(14)17)2-6-15(19)20/h1-8H,(H,19,20)/b6-2+. The summed E-state index contributed by atoms with van der Waals surface area (Å²) in [6.07, 6.45) is 2.42. The maximum Gasteiger partial charge on any atom is 0.328 e. The fourth-order valence-electron chi connectivity index (χ4n) is 1.54. The molecule has 0 heterocycles. The molecular formula is C15H9Cl2FO3. The minimum absolute atomic E-state index is 0.0513. The molecule has 0 aliphatic heterocycles. The number of hydrogen-bond acceptors (Lipinski definition) is 2. The van der Waals surface area contributed by atoms with E-state index in [2.05, 4.69) is 0 Å². The van der Waals surface area contributed by atoms with Crippen LogP contribution in [-0.4, -0.2) is 11.1 Å². The fraction of sp³-hybridized carbons (Fsp3) is 0. The molecule has 0 fully saturated rings. The zero-order valence-electron chi connectivity index (χ0n) is 10.5. The average Bonchev–Trinajstić information content (AvgIpc) is 2.43. The quantitative estimate of drug-likeness (QED) is 0.802. The first-order chi connectivity index (χ1) is 9.95. The topological polar surface area (TPSA) is 46.5 Å². The molecule has 2 aromatic rings. The van der Waals surface area contributed by atoms with Crippen molar-refractivity contribution in [2.45, 2.75) is 0 Å². The first-order valence-corrected chi connectivity index (χ1v) is 6.55. The molecule has 108 valence electrons. The van der Waals surface area contributed by atoms with Gasteiger partial charge >= 0.3 is 5.97 Å². The van der Waals surface area contributed by atoms with Crippen LogP contribution >= 0.6 is 23.2 Å². The smallest absolute Gasteiger partial charge is 0.328 e. The van der Waals surface area contributed by atoms with Crippen LogP contribution < -0.4 is 4.74 Å². The second kappa shape index (κ2) is 6.61. The van der Waals surface area contributed by atoms with Crippen LogP contribution in [0.25, 0.3) is 6.08 Å². The van der Waals surface area contributed by atoms with Crippen molar-refractivity contribution in [3.8, 4) is 11.5 Å². The summed E-state index contributed by atoms with van der Waals surface area (Å²) >= 11 is 11.7. The summed E-state index contributed by atoms with van der Waals surface area (Å²) in [6.45, 7) is 0. The first-order valence-electron chi connectivity index (χ1n) is 5.79. The zero-order chi connectivity index (χ0) is 15.4. The SMILES string of the molecule is O=C(O)/C=C/c1ccc(Oc2ccc(F)c(Cl)c2)c(Cl)c1. The lowest BCUT2D eigenvalue weighted by Gasteiger charge is -2.08. The van der Waals surface area contributed by atoms with Crippen molar-refractivity contribution < 1.29 is 19.0 Å². The summed E-state index contributed by atoms with van der Waals surface area (Å²) in [5.41, 5.74) is 0.617. The third kappa shape index (κ3) is 4.21. The van der Waals surface area contributed by atoms with Crippen molar-refractivity contribution in [2.24, 2.45) is 0 Å². The molecule has 3 nitrogen and oxygen atoms in total. The number of benzene rings is 2. The Morgan fingerprint density at radius 3 is 2.52 bits per heavy atom. The van der Waals surface area contributed by atoms with E-state index in [1.807, 2.05) is 0 Å². The Morgan fingerprint density at radius 2 is 1.90 bits per heavy atom. The van der Waals surface area contributed by atoms with E-state index in [1.165, 1.54) is 24.3 Å². The lowest BCUT2D eigenvalue weighted by atomic mass is 10.2. The number of carbonyl (C=O) groups is 1. The molecule has 6 heteroatoms. The van der Waals surface area contributed by atoms with Crippen LogP contribution in [0.1, 0.15) is 5.56 Å². The average molecular weight is 327 g/mol. The molecule has 2 rings (SSSR count). The summed E-state index contributed by atoms with van der Waals surface area (Å²) < 4.78 is 18.6. The number of halogens is 3. The van der Waals surface area contributed by atoms with Crippen LogP contribution in [0.2, 0.25) is 10.0 Å². The van der Waals surface area contributed by atoms with Crippen LogP contribution in [0.3, 0.4) is 0 Å². The highest BCUT2D eigenvalue weighted by molar-refractivity contribution is 6.32. The van der Waals surface area contributed by atoms with E-state index in [-0.39, 0.29) is 5.02 Å². The Kier molecular flexibility index (Phi) is 4.83. The Hall–Kier alpha value is -2.04. The summed E-state index contributed by atoms with van der Waals surface area (Å²) in [4.78, 5) is 10.4. The molecule has 2 aromatic carbocycles. The number of rotatable bonds is 4. The number of carboxylic acid groups (broad SMARTS) is 1. The molecule has 0 atom stereocenters. The van der Waals surface area contributed by atoms with Gasteiger partial charge < -0.3 is 9.84 Å². The van der Waals surface area contributed by atoms with Crippen LogP contribution in [0.5, 0.6) is 11.5 Å². The van der Waals surface area contributed by atoms with Gasteiger partial charge in [0.25, 0.3) is 0 Å². The molecule has 21 heavy (non-hydrogen) atoms. The van der Waals surface area contributed by atoms with Crippen molar-refractivity contribution in [1.82, 2.24) is 0 Å². The van der Waals surface area contributed by atoms with Gasteiger partial charge in [0, 0.05) is 12.1 Å². The molecule has 0 saturated heterocycles. The van der Waals surface area contributed by atoms with E-state index in [9.17, 15) is 9.18 Å². The third-order valence-corrected chi connectivity index (χ3v) is 3.08. The fourth-order valence-corrected chi connectivity index (χ4v) is 1.94. The van der Waals surface area contributed by atoms with Crippen molar-refractivity contribution >= 4 is 35.2 Å². The van der Waals surface area contributed by atoms with E-state index < -0.39 is 11.8 Å². The molecule has 0 amide bonds. The van der Waals surface area contributed by atoms with Gasteiger partial charge in [-0.1, -0.05) is 29.3 Å². The highest BCUT2D eigenvalue weighted by Gasteiger charge is 2.06. The zero-order valence-corrected chi connectivity index (χ0v) is 12.0. The van der Waals surface area contributed by atoms with Crippen molar-refractivity contribution in [1.29, 1.82) is 0 Å². The van der Waals surface area contributed by atoms with E-state index in [1.54, 1.807) is 18.2 Å². The summed E-state index contributed by atoms with van der Waals surface area (Å²) in [5, 5.41) is 8.80. The van der Waals surface area contributed by atoms with Gasteiger partial charge in [0.2, 0.25) is 0 Å². The molecule has 0 aliphatic rings. The Balaban J connectivity index is 2.21. The molecule has 0 aliphatic carbocycles. The monoisotopic (exact) mass is 326 g/mol. The van der Waals surface area contributed by atoms with Crippen molar-refractivity contribution in [2.75, 3.05) is 0 Å².